The lowest BCUT2D eigenvalue weighted by Crippen LogP contribution is -2.35. The average Bonchev–Trinajstić information content (AvgIpc) is 2.38. The maximum atomic E-state index is 11.8. The van der Waals surface area contributed by atoms with Crippen LogP contribution in [0.15, 0.2) is 9.59 Å². The van der Waals surface area contributed by atoms with Crippen LogP contribution in [-0.4, -0.2) is 41.0 Å². The van der Waals surface area contributed by atoms with Crippen LogP contribution < -0.4 is 22.3 Å². The predicted octanol–water partition coefficient (Wildman–Crippen LogP) is -0.416. The number of aliphatic hydroxyl groups excluding tert-OH is 1. The Balaban J connectivity index is 2.87. The maximum absolute atomic E-state index is 11.8. The van der Waals surface area contributed by atoms with E-state index in [1.54, 1.807) is 0 Å². The molecule has 1 aromatic rings. The predicted molar refractivity (Wildman–Crippen MR) is 81.6 cm³/mol. The number of nitrogens with two attached hydrogens (primary N) is 1. The molecule has 0 radical (unpaired) electrons. The van der Waals surface area contributed by atoms with Crippen molar-refractivity contribution < 1.29 is 9.84 Å². The van der Waals surface area contributed by atoms with E-state index < -0.39 is 17.4 Å². The molecule has 8 heteroatoms. The van der Waals surface area contributed by atoms with Crippen molar-refractivity contribution in [2.45, 2.75) is 32.9 Å². The number of hydrogen-bond acceptors (Lipinski definition) is 6. The normalized spacial score (nSPS) is 12.6. The summed E-state index contributed by atoms with van der Waals surface area (Å²) < 4.78 is 6.15. The Hall–Kier alpha value is -1.80. The van der Waals surface area contributed by atoms with E-state index in [9.17, 15) is 14.7 Å². The zero-order chi connectivity index (χ0) is 16.0. The number of aliphatic hydroxyl groups is 1. The molecule has 120 valence electrons. The van der Waals surface area contributed by atoms with E-state index >= 15 is 0 Å². The Morgan fingerprint density at radius 1 is 1.43 bits per heavy atom. The van der Waals surface area contributed by atoms with Gasteiger partial charge in [-0.2, -0.15) is 0 Å². The topological polar surface area (TPSA) is 122 Å². The van der Waals surface area contributed by atoms with Crippen LogP contribution in [0, 0.1) is 5.92 Å². The molecule has 0 saturated carbocycles. The number of nitrogens with one attached hydrogen (secondary N) is 2. The van der Waals surface area contributed by atoms with Crippen molar-refractivity contribution in [3.05, 3.63) is 20.8 Å². The average molecular weight is 300 g/mol. The molecule has 8 nitrogen and oxygen atoms in total. The fraction of sp³-hybridized carbons (Fsp3) is 0.692. The van der Waals surface area contributed by atoms with Crippen molar-refractivity contribution in [1.82, 2.24) is 9.55 Å². The summed E-state index contributed by atoms with van der Waals surface area (Å²) in [4.78, 5) is 25.8. The Morgan fingerprint density at radius 2 is 2.10 bits per heavy atom. The second-order valence-electron chi connectivity index (χ2n) is 5.35. The quantitative estimate of drug-likeness (QED) is 0.517. The van der Waals surface area contributed by atoms with Gasteiger partial charge in [0.05, 0.1) is 12.7 Å². The van der Waals surface area contributed by atoms with Crippen LogP contribution in [0.25, 0.3) is 0 Å². The highest BCUT2D eigenvalue weighted by atomic mass is 16.5. The molecular weight excluding hydrogens is 276 g/mol. The monoisotopic (exact) mass is 300 g/mol. The number of ether oxygens (including phenoxy) is 1. The number of aromatic amines is 1. The third-order valence-corrected chi connectivity index (χ3v) is 2.93. The van der Waals surface area contributed by atoms with Crippen LogP contribution in [0.5, 0.6) is 0 Å². The highest BCUT2D eigenvalue weighted by Gasteiger charge is 2.13. The Bertz CT molecular complexity index is 564. The molecule has 0 amide bonds. The first kappa shape index (κ1) is 17.3. The van der Waals surface area contributed by atoms with E-state index in [4.69, 9.17) is 10.5 Å². The van der Waals surface area contributed by atoms with E-state index in [0.29, 0.717) is 19.5 Å². The van der Waals surface area contributed by atoms with E-state index in [1.807, 2.05) is 13.8 Å². The number of H-pyrrole nitrogens is 1. The minimum atomic E-state index is -0.621. The van der Waals surface area contributed by atoms with E-state index in [0.717, 1.165) is 0 Å². The van der Waals surface area contributed by atoms with Crippen molar-refractivity contribution >= 4 is 11.5 Å². The molecule has 1 aromatic heterocycles. The standard InChI is InChI=1S/C13H24N4O4/c1-8(2)6-17-11(14)10(12(19)16-13(17)20)15-5-4-9(18)7-21-3/h8-9,15,18H,4-7,14H2,1-3H3,(H,16,19,20). The summed E-state index contributed by atoms with van der Waals surface area (Å²) in [6, 6.07) is 0. The van der Waals surface area contributed by atoms with E-state index in [1.165, 1.54) is 11.7 Å². The zero-order valence-corrected chi connectivity index (χ0v) is 12.7. The third kappa shape index (κ3) is 4.91. The number of anilines is 2. The minimum absolute atomic E-state index is 0.110. The van der Waals surface area contributed by atoms with Crippen molar-refractivity contribution in [2.75, 3.05) is 31.3 Å². The van der Waals surface area contributed by atoms with Gasteiger partial charge in [0.1, 0.15) is 11.5 Å². The maximum Gasteiger partial charge on any atom is 0.330 e. The van der Waals surface area contributed by atoms with E-state index in [-0.39, 0.29) is 24.0 Å². The van der Waals surface area contributed by atoms with Gasteiger partial charge in [0, 0.05) is 20.2 Å². The number of aromatic nitrogens is 2. The van der Waals surface area contributed by atoms with Gasteiger partial charge in [-0.1, -0.05) is 13.8 Å². The van der Waals surface area contributed by atoms with Gasteiger partial charge < -0.3 is 20.9 Å². The highest BCUT2D eigenvalue weighted by molar-refractivity contribution is 5.60. The second-order valence-corrected chi connectivity index (χ2v) is 5.35. The van der Waals surface area contributed by atoms with Gasteiger partial charge >= 0.3 is 5.69 Å². The molecule has 1 rings (SSSR count). The number of methoxy groups -OCH3 is 1. The Morgan fingerprint density at radius 3 is 2.67 bits per heavy atom. The Labute approximate surface area is 122 Å². The molecule has 0 saturated heterocycles. The molecule has 0 aliphatic heterocycles. The summed E-state index contributed by atoms with van der Waals surface area (Å²) in [5.41, 5.74) is 4.98. The van der Waals surface area contributed by atoms with Crippen LogP contribution in [-0.2, 0) is 11.3 Å². The summed E-state index contributed by atoms with van der Waals surface area (Å²) >= 11 is 0. The summed E-state index contributed by atoms with van der Waals surface area (Å²) in [6.45, 7) is 4.89. The molecule has 0 aromatic carbocycles. The fourth-order valence-corrected chi connectivity index (χ4v) is 1.94. The second kappa shape index (κ2) is 7.84. The minimum Gasteiger partial charge on any atom is -0.391 e. The van der Waals surface area contributed by atoms with Crippen LogP contribution in [0.4, 0.5) is 11.5 Å². The first-order valence-electron chi connectivity index (χ1n) is 6.90. The zero-order valence-electron chi connectivity index (χ0n) is 12.7. The van der Waals surface area contributed by atoms with Crippen molar-refractivity contribution in [2.24, 2.45) is 5.92 Å². The van der Waals surface area contributed by atoms with Crippen LogP contribution in [0.1, 0.15) is 20.3 Å². The molecular formula is C13H24N4O4. The lowest BCUT2D eigenvalue weighted by atomic mass is 10.2. The molecule has 1 heterocycles. The largest absolute Gasteiger partial charge is 0.391 e. The lowest BCUT2D eigenvalue weighted by molar-refractivity contribution is 0.0615. The van der Waals surface area contributed by atoms with Gasteiger partial charge in [-0.3, -0.25) is 14.3 Å². The van der Waals surface area contributed by atoms with Crippen LogP contribution in [0.2, 0.25) is 0 Å². The van der Waals surface area contributed by atoms with Crippen LogP contribution in [0.3, 0.4) is 0 Å². The molecule has 0 spiro atoms. The van der Waals surface area contributed by atoms with Gasteiger partial charge in [0.25, 0.3) is 5.56 Å². The number of nitrogens with zero attached hydrogens (tertiary/aromatic N) is 1. The molecule has 1 atom stereocenters. The van der Waals surface area contributed by atoms with Crippen molar-refractivity contribution in [3.8, 4) is 0 Å². The number of hydrogen-bond donors (Lipinski definition) is 4. The lowest BCUT2D eigenvalue weighted by Gasteiger charge is -2.16. The molecule has 1 unspecified atom stereocenters. The fourth-order valence-electron chi connectivity index (χ4n) is 1.94. The molecule has 0 fully saturated rings. The van der Waals surface area contributed by atoms with Gasteiger partial charge in [-0.15, -0.1) is 0 Å². The van der Waals surface area contributed by atoms with Gasteiger partial charge in [0.15, 0.2) is 0 Å². The van der Waals surface area contributed by atoms with Crippen molar-refractivity contribution in [1.29, 1.82) is 0 Å². The number of nitrogen functional groups attached to an aromatic ring is 1. The summed E-state index contributed by atoms with van der Waals surface area (Å²) in [5, 5.41) is 12.4. The number of rotatable bonds is 8. The van der Waals surface area contributed by atoms with Gasteiger partial charge in [-0.25, -0.2) is 4.79 Å². The first-order chi connectivity index (χ1) is 9.86. The highest BCUT2D eigenvalue weighted by Crippen LogP contribution is 2.12. The van der Waals surface area contributed by atoms with Gasteiger partial charge in [0.2, 0.25) is 0 Å². The summed E-state index contributed by atoms with van der Waals surface area (Å²) in [7, 11) is 1.50. The van der Waals surface area contributed by atoms with Gasteiger partial charge in [-0.05, 0) is 12.3 Å². The third-order valence-electron chi connectivity index (χ3n) is 2.93. The molecule has 0 bridgehead atoms. The van der Waals surface area contributed by atoms with Crippen molar-refractivity contribution in [3.63, 3.8) is 0 Å². The summed E-state index contributed by atoms with van der Waals surface area (Å²) in [6.07, 6.45) is -0.222. The molecule has 5 N–H and O–H groups in total. The van der Waals surface area contributed by atoms with E-state index in [2.05, 4.69) is 10.3 Å². The molecule has 21 heavy (non-hydrogen) atoms. The first-order valence-corrected chi connectivity index (χ1v) is 6.90. The van der Waals surface area contributed by atoms with Crippen LogP contribution >= 0.6 is 0 Å². The summed E-state index contributed by atoms with van der Waals surface area (Å²) in [5.74, 6) is 0.325. The SMILES string of the molecule is COCC(O)CCNc1c(N)n(CC(C)C)c(=O)[nH]c1=O. The molecule has 0 aliphatic carbocycles. The smallest absolute Gasteiger partial charge is 0.330 e. The molecule has 0 aliphatic rings. The Kier molecular flexibility index (Phi) is 6.44.